The Morgan fingerprint density at radius 3 is 2.75 bits per heavy atom. The monoisotopic (exact) mass is 276 g/mol. The van der Waals surface area contributed by atoms with E-state index in [9.17, 15) is 9.90 Å². The van der Waals surface area contributed by atoms with Gasteiger partial charge in [-0.1, -0.05) is 18.2 Å². The molecular weight excluding hydrogens is 252 g/mol. The first-order chi connectivity index (χ1) is 9.28. The fourth-order valence-electron chi connectivity index (χ4n) is 2.84. The molecule has 20 heavy (non-hydrogen) atoms. The van der Waals surface area contributed by atoms with E-state index in [4.69, 9.17) is 0 Å². The molecule has 2 rings (SSSR count). The fraction of sp³-hybridized carbons (Fsp3) is 0.562. The van der Waals surface area contributed by atoms with E-state index in [-0.39, 0.29) is 17.9 Å². The first-order valence-electron chi connectivity index (χ1n) is 7.10. The minimum absolute atomic E-state index is 0.0848. The van der Waals surface area contributed by atoms with Gasteiger partial charge in [0.05, 0.1) is 11.5 Å². The molecule has 2 atom stereocenters. The van der Waals surface area contributed by atoms with Gasteiger partial charge in [-0.3, -0.25) is 4.79 Å². The highest BCUT2D eigenvalue weighted by molar-refractivity contribution is 5.81. The normalized spacial score (nSPS) is 21.9. The summed E-state index contributed by atoms with van der Waals surface area (Å²) in [5.41, 5.74) is 1.43. The Morgan fingerprint density at radius 2 is 2.10 bits per heavy atom. The number of hydrogen-bond acceptors (Lipinski definition) is 3. The van der Waals surface area contributed by atoms with Gasteiger partial charge in [-0.2, -0.15) is 0 Å². The van der Waals surface area contributed by atoms with Gasteiger partial charge in [0.15, 0.2) is 0 Å². The minimum Gasteiger partial charge on any atom is -0.389 e. The number of anilines is 1. The Labute approximate surface area is 120 Å². The van der Waals surface area contributed by atoms with Crippen molar-refractivity contribution < 1.29 is 9.90 Å². The SMILES string of the molecule is CC1Nc2ccccc2CC1C(=O)N(C)CC(C)(C)O. The van der Waals surface area contributed by atoms with Gasteiger partial charge in [-0.15, -0.1) is 0 Å². The van der Waals surface area contributed by atoms with Gasteiger partial charge in [0.25, 0.3) is 0 Å². The third kappa shape index (κ3) is 3.31. The number of aliphatic hydroxyl groups is 1. The molecule has 0 saturated heterocycles. The molecule has 0 fully saturated rings. The Morgan fingerprint density at radius 1 is 1.45 bits per heavy atom. The summed E-state index contributed by atoms with van der Waals surface area (Å²) in [4.78, 5) is 14.2. The molecule has 110 valence electrons. The zero-order chi connectivity index (χ0) is 14.9. The summed E-state index contributed by atoms with van der Waals surface area (Å²) in [5.74, 6) is -0.00104. The third-order valence-corrected chi connectivity index (χ3v) is 3.76. The molecule has 0 aromatic heterocycles. The maximum Gasteiger partial charge on any atom is 0.227 e. The fourth-order valence-corrected chi connectivity index (χ4v) is 2.84. The highest BCUT2D eigenvalue weighted by Gasteiger charge is 2.33. The van der Waals surface area contributed by atoms with Gasteiger partial charge < -0.3 is 15.3 Å². The van der Waals surface area contributed by atoms with Gasteiger partial charge in [0.2, 0.25) is 5.91 Å². The van der Waals surface area contributed by atoms with Crippen LogP contribution in [-0.2, 0) is 11.2 Å². The number of fused-ring (bicyclic) bond motifs is 1. The smallest absolute Gasteiger partial charge is 0.227 e. The van der Waals surface area contributed by atoms with Crippen LogP contribution in [0.3, 0.4) is 0 Å². The molecule has 4 nitrogen and oxygen atoms in total. The summed E-state index contributed by atoms with van der Waals surface area (Å²) in [6, 6.07) is 8.21. The van der Waals surface area contributed by atoms with Gasteiger partial charge >= 0.3 is 0 Å². The summed E-state index contributed by atoms with van der Waals surface area (Å²) in [5, 5.41) is 13.2. The number of nitrogens with zero attached hydrogens (tertiary/aromatic N) is 1. The van der Waals surface area contributed by atoms with Crippen LogP contribution in [-0.4, -0.2) is 41.1 Å². The van der Waals surface area contributed by atoms with E-state index in [0.29, 0.717) is 6.54 Å². The van der Waals surface area contributed by atoms with Crippen LogP contribution in [0.25, 0.3) is 0 Å². The van der Waals surface area contributed by atoms with E-state index in [1.54, 1.807) is 25.8 Å². The summed E-state index contributed by atoms with van der Waals surface area (Å²) in [6.07, 6.45) is 0.749. The molecule has 1 aliphatic heterocycles. The van der Waals surface area contributed by atoms with E-state index >= 15 is 0 Å². The van der Waals surface area contributed by atoms with E-state index in [0.717, 1.165) is 12.1 Å². The van der Waals surface area contributed by atoms with E-state index in [1.165, 1.54) is 5.56 Å². The number of carbonyl (C=O) groups excluding carboxylic acids is 1. The summed E-state index contributed by atoms with van der Waals surface area (Å²) < 4.78 is 0. The lowest BCUT2D eigenvalue weighted by molar-refractivity contribution is -0.137. The van der Waals surface area contributed by atoms with Gasteiger partial charge in [-0.05, 0) is 38.8 Å². The number of amides is 1. The molecule has 1 heterocycles. The minimum atomic E-state index is -0.867. The number of rotatable bonds is 3. The van der Waals surface area contributed by atoms with Crippen molar-refractivity contribution in [2.75, 3.05) is 18.9 Å². The van der Waals surface area contributed by atoms with Crippen molar-refractivity contribution in [2.24, 2.45) is 5.92 Å². The molecule has 0 aliphatic carbocycles. The third-order valence-electron chi connectivity index (χ3n) is 3.76. The van der Waals surface area contributed by atoms with E-state index in [1.807, 2.05) is 25.1 Å². The zero-order valence-electron chi connectivity index (χ0n) is 12.7. The predicted octanol–water partition coefficient (Wildman–Crippen LogP) is 1.89. The van der Waals surface area contributed by atoms with Crippen molar-refractivity contribution >= 4 is 11.6 Å². The number of benzene rings is 1. The maximum atomic E-state index is 12.6. The Kier molecular flexibility index (Phi) is 4.04. The molecular formula is C16H24N2O2. The summed E-state index contributed by atoms with van der Waals surface area (Å²) in [7, 11) is 1.76. The van der Waals surface area contributed by atoms with E-state index in [2.05, 4.69) is 11.4 Å². The molecule has 2 unspecified atom stereocenters. The lowest BCUT2D eigenvalue weighted by Gasteiger charge is -2.35. The first kappa shape index (κ1) is 14.9. The largest absolute Gasteiger partial charge is 0.389 e. The Bertz CT molecular complexity index is 493. The quantitative estimate of drug-likeness (QED) is 0.886. The van der Waals surface area contributed by atoms with Crippen molar-refractivity contribution in [1.82, 2.24) is 4.90 Å². The lowest BCUT2D eigenvalue weighted by atomic mass is 9.87. The second kappa shape index (κ2) is 5.44. The van der Waals surface area contributed by atoms with Crippen LogP contribution >= 0.6 is 0 Å². The lowest BCUT2D eigenvalue weighted by Crippen LogP contribution is -2.47. The average molecular weight is 276 g/mol. The van der Waals surface area contributed by atoms with Crippen LogP contribution in [0.4, 0.5) is 5.69 Å². The van der Waals surface area contributed by atoms with Crippen LogP contribution < -0.4 is 5.32 Å². The van der Waals surface area contributed by atoms with Gasteiger partial charge in [0, 0.05) is 25.3 Å². The summed E-state index contributed by atoms with van der Waals surface area (Å²) >= 11 is 0. The second-order valence-corrected chi connectivity index (χ2v) is 6.41. The number of carbonyl (C=O) groups is 1. The van der Waals surface area contributed by atoms with Crippen LogP contribution in [0.1, 0.15) is 26.3 Å². The molecule has 1 amide bonds. The van der Waals surface area contributed by atoms with Crippen molar-refractivity contribution in [2.45, 2.75) is 38.8 Å². The van der Waals surface area contributed by atoms with Crippen molar-refractivity contribution in [3.8, 4) is 0 Å². The van der Waals surface area contributed by atoms with Crippen LogP contribution in [0.2, 0.25) is 0 Å². The molecule has 2 N–H and O–H groups in total. The number of likely N-dealkylation sites (N-methyl/N-ethyl adjacent to an activating group) is 1. The van der Waals surface area contributed by atoms with Crippen LogP contribution in [0.15, 0.2) is 24.3 Å². The number of hydrogen-bond donors (Lipinski definition) is 2. The highest BCUT2D eigenvalue weighted by atomic mass is 16.3. The molecule has 0 radical (unpaired) electrons. The molecule has 0 spiro atoms. The molecule has 0 saturated carbocycles. The summed E-state index contributed by atoms with van der Waals surface area (Å²) in [6.45, 7) is 5.82. The van der Waals surface area contributed by atoms with E-state index < -0.39 is 5.60 Å². The van der Waals surface area contributed by atoms with Crippen molar-refractivity contribution in [3.05, 3.63) is 29.8 Å². The first-order valence-corrected chi connectivity index (χ1v) is 7.10. The van der Waals surface area contributed by atoms with Crippen molar-refractivity contribution in [1.29, 1.82) is 0 Å². The Balaban J connectivity index is 2.12. The van der Waals surface area contributed by atoms with Gasteiger partial charge in [-0.25, -0.2) is 0 Å². The topological polar surface area (TPSA) is 52.6 Å². The standard InChI is InChI=1S/C16H24N2O2/c1-11-13(15(19)18(4)10-16(2,3)20)9-12-7-5-6-8-14(12)17-11/h5-8,11,13,17,20H,9-10H2,1-4H3. The average Bonchev–Trinajstić information content (AvgIpc) is 2.35. The highest BCUT2D eigenvalue weighted by Crippen LogP contribution is 2.29. The number of para-hydroxylation sites is 1. The molecule has 1 aromatic carbocycles. The molecule has 1 aromatic rings. The second-order valence-electron chi connectivity index (χ2n) is 6.41. The number of nitrogens with one attached hydrogen (secondary N) is 1. The van der Waals surface area contributed by atoms with Crippen LogP contribution in [0.5, 0.6) is 0 Å². The van der Waals surface area contributed by atoms with Crippen molar-refractivity contribution in [3.63, 3.8) is 0 Å². The molecule has 1 aliphatic rings. The Hall–Kier alpha value is -1.55. The van der Waals surface area contributed by atoms with Crippen LogP contribution in [0, 0.1) is 5.92 Å². The maximum absolute atomic E-state index is 12.6. The predicted molar refractivity (Wildman–Crippen MR) is 80.7 cm³/mol. The molecule has 0 bridgehead atoms. The zero-order valence-corrected chi connectivity index (χ0v) is 12.7. The molecule has 4 heteroatoms. The van der Waals surface area contributed by atoms with Gasteiger partial charge in [0.1, 0.15) is 0 Å².